The number of phenols is 1. The molecule has 5 rings (SSSR count). The maximum absolute atomic E-state index is 11.2. The third kappa shape index (κ3) is 9.05. The Morgan fingerprint density at radius 1 is 0.782 bits per heavy atom. The number of ether oxygens (including phenoxy) is 1. The number of aromatic hydroxyl groups is 1. The highest BCUT2D eigenvalue weighted by atomic mass is 28.4. The van der Waals surface area contributed by atoms with Crippen LogP contribution in [0.15, 0.2) is 54.9 Å². The van der Waals surface area contributed by atoms with Crippen LogP contribution >= 0.6 is 0 Å². The van der Waals surface area contributed by atoms with Gasteiger partial charge in [0.15, 0.2) is 48.2 Å². The van der Waals surface area contributed by atoms with E-state index in [1.807, 2.05) is 47.0 Å². The van der Waals surface area contributed by atoms with Crippen molar-refractivity contribution >= 4 is 47.9 Å². The fourth-order valence-corrected chi connectivity index (χ4v) is 9.47. The second-order valence-corrected chi connectivity index (χ2v) is 33.9. The summed E-state index contributed by atoms with van der Waals surface area (Å²) in [6.45, 7) is 34.5. The molecule has 1 aliphatic rings. The van der Waals surface area contributed by atoms with Gasteiger partial charge in [0.25, 0.3) is 0 Å². The molecule has 1 saturated heterocycles. The van der Waals surface area contributed by atoms with Gasteiger partial charge in [0.05, 0.1) is 6.61 Å². The smallest absolute Gasteiger partial charge is 0.207 e. The van der Waals surface area contributed by atoms with Crippen molar-refractivity contribution in [2.75, 3.05) is 17.7 Å². The van der Waals surface area contributed by atoms with Crippen molar-refractivity contribution < 1.29 is 23.1 Å². The number of hydrogen-bond donors (Lipinski definition) is 3. The van der Waals surface area contributed by atoms with Crippen LogP contribution in [0.5, 0.6) is 5.75 Å². The summed E-state index contributed by atoms with van der Waals surface area (Å²) < 4.78 is 30.9. The number of hydrogen-bond acceptors (Lipinski definition) is 10. The monoisotopic (exact) mass is 806 g/mol. The topological polar surface area (TPSA) is 139 Å². The average molecular weight is 807 g/mol. The third-order valence-electron chi connectivity index (χ3n) is 12.6. The van der Waals surface area contributed by atoms with Crippen molar-refractivity contribution in [3.05, 3.63) is 60.4 Å². The predicted molar refractivity (Wildman–Crippen MR) is 232 cm³/mol. The molecular weight excluding hydrogens is 741 g/mol. The van der Waals surface area contributed by atoms with Crippen LogP contribution < -0.4 is 11.1 Å². The van der Waals surface area contributed by atoms with Gasteiger partial charge in [0, 0.05) is 12.1 Å². The summed E-state index contributed by atoms with van der Waals surface area (Å²) in [4.78, 5) is 14.0. The summed E-state index contributed by atoms with van der Waals surface area (Å²) in [7, 11) is -6.99. The molecule has 4 N–H and O–H groups in total. The van der Waals surface area contributed by atoms with Gasteiger partial charge in [-0.1, -0.05) is 105 Å². The van der Waals surface area contributed by atoms with Gasteiger partial charge in [-0.2, -0.15) is 0 Å². The highest BCUT2D eigenvalue weighted by Crippen LogP contribution is 2.48. The quantitative estimate of drug-likeness (QED) is 0.119. The highest BCUT2D eigenvalue weighted by Gasteiger charge is 2.55. The molecule has 1 aliphatic heterocycles. The summed E-state index contributed by atoms with van der Waals surface area (Å²) in [5, 5.41) is 14.5. The number of phenolic OH excluding ortho intramolecular Hbond substituents is 1. The Hall–Kier alpha value is -3.12. The van der Waals surface area contributed by atoms with Gasteiger partial charge in [-0.05, 0) is 71.6 Å². The van der Waals surface area contributed by atoms with Crippen molar-refractivity contribution in [2.24, 2.45) is 0 Å². The summed E-state index contributed by atoms with van der Waals surface area (Å²) in [5.41, 5.74) is 10.1. The number of rotatable bonds is 12. The first-order valence-corrected chi connectivity index (χ1v) is 28.2. The number of anilines is 2. The molecule has 2 aromatic heterocycles. The second-order valence-electron chi connectivity index (χ2n) is 19.6. The maximum Gasteiger partial charge on any atom is 0.207 e. The number of aromatic nitrogens is 4. The predicted octanol–water partition coefficient (Wildman–Crippen LogP) is 10.1. The van der Waals surface area contributed by atoms with Crippen molar-refractivity contribution in [3.8, 4) is 16.9 Å². The van der Waals surface area contributed by atoms with E-state index in [0.29, 0.717) is 29.3 Å². The minimum atomic E-state index is -2.44. The molecule has 0 radical (unpaired) electrons. The van der Waals surface area contributed by atoms with Crippen LogP contribution in [0.4, 0.5) is 11.8 Å². The first kappa shape index (κ1) is 43.0. The van der Waals surface area contributed by atoms with Gasteiger partial charge in [0.2, 0.25) is 5.95 Å². The zero-order valence-electron chi connectivity index (χ0n) is 35.9. The lowest BCUT2D eigenvalue weighted by Crippen LogP contribution is -2.54. The fourth-order valence-electron chi connectivity index (χ4n) is 5.85. The number of nitrogens with one attached hydrogen (secondary N) is 1. The molecule has 4 aromatic rings. The Balaban J connectivity index is 1.63. The first-order chi connectivity index (χ1) is 25.2. The van der Waals surface area contributed by atoms with Crippen molar-refractivity contribution in [2.45, 2.75) is 148 Å². The van der Waals surface area contributed by atoms with Crippen LogP contribution in [-0.2, 0) is 24.6 Å². The molecule has 0 spiro atoms. The van der Waals surface area contributed by atoms with Crippen molar-refractivity contribution in [1.29, 1.82) is 0 Å². The Labute approximate surface area is 332 Å². The van der Waals surface area contributed by atoms with E-state index in [-0.39, 0.29) is 33.2 Å². The highest BCUT2D eigenvalue weighted by molar-refractivity contribution is 6.75. The van der Waals surface area contributed by atoms with Crippen molar-refractivity contribution in [3.63, 3.8) is 0 Å². The van der Waals surface area contributed by atoms with Crippen LogP contribution in [0.2, 0.25) is 54.4 Å². The molecule has 2 aromatic carbocycles. The fraction of sp³-hybridized carbons (Fsp3) is 0.585. The molecule has 0 saturated carbocycles. The van der Waals surface area contributed by atoms with Crippen molar-refractivity contribution in [1.82, 2.24) is 19.5 Å². The molecule has 0 aliphatic carbocycles. The van der Waals surface area contributed by atoms with E-state index in [0.717, 1.165) is 11.1 Å². The van der Waals surface area contributed by atoms with Crippen LogP contribution in [0.1, 0.15) is 74.1 Å². The SMILES string of the molecule is CC(C)(C)[Si](C)(C)OC[C@H]1O[C@@H](n2c(NCc3ccc(-c4ccccc4)cc3O)nc3c(N)ncnc32)[C@H](O[Si](C)(C)C(C)(C)C)[C@@H]1O[Si](C)(C)C(C)(C)C. The maximum atomic E-state index is 11.2. The summed E-state index contributed by atoms with van der Waals surface area (Å²) in [5.74, 6) is 0.908. The molecular formula is C41H66N6O5Si3. The zero-order valence-corrected chi connectivity index (χ0v) is 38.9. The first-order valence-electron chi connectivity index (χ1n) is 19.5. The number of imidazole rings is 1. The summed E-state index contributed by atoms with van der Waals surface area (Å²) in [6, 6.07) is 15.7. The molecule has 1 fully saturated rings. The third-order valence-corrected chi connectivity index (χ3v) is 26.0. The van der Waals surface area contributed by atoms with Crippen LogP contribution in [-0.4, -0.2) is 74.5 Å². The van der Waals surface area contributed by atoms with E-state index in [9.17, 15) is 5.11 Å². The van der Waals surface area contributed by atoms with E-state index >= 15 is 0 Å². The van der Waals surface area contributed by atoms with Gasteiger partial charge >= 0.3 is 0 Å². The molecule has 0 amide bonds. The van der Waals surface area contributed by atoms with Gasteiger partial charge in [-0.3, -0.25) is 4.57 Å². The summed E-state index contributed by atoms with van der Waals surface area (Å²) in [6.07, 6.45) is -0.664. The van der Waals surface area contributed by atoms with Crippen LogP contribution in [0.3, 0.4) is 0 Å². The largest absolute Gasteiger partial charge is 0.508 e. The Bertz CT molecular complexity index is 1950. The van der Waals surface area contributed by atoms with Gasteiger partial charge < -0.3 is 34.2 Å². The number of nitrogens with zero attached hydrogens (tertiary/aromatic N) is 4. The van der Waals surface area contributed by atoms with Gasteiger partial charge in [0.1, 0.15) is 30.4 Å². The molecule has 55 heavy (non-hydrogen) atoms. The minimum absolute atomic E-state index is 0.00871. The Morgan fingerprint density at radius 2 is 1.36 bits per heavy atom. The van der Waals surface area contributed by atoms with Crippen LogP contribution in [0, 0.1) is 0 Å². The molecule has 14 heteroatoms. The standard InChI is InChI=1S/C41H66N6O5Si3/c1-39(2,3)53(10,11)49-25-31-33(51-54(12,13)40(4,5)6)34(52-55(14,15)41(7,8)9)37(50-31)47-36-32(35(42)44-26-45-36)46-38(47)43-24-29-22-21-28(23-30(29)48)27-19-17-16-18-20-27/h16-23,26,31,33-34,37,48H,24-25H2,1-15H3,(H,43,46)(H2,42,44,45)/t31-,33-,34-,37-/m1/s1. The number of benzene rings is 2. The molecule has 0 unspecified atom stereocenters. The van der Waals surface area contributed by atoms with Gasteiger partial charge in [-0.15, -0.1) is 0 Å². The summed E-state index contributed by atoms with van der Waals surface area (Å²) >= 11 is 0. The normalized spacial score (nSPS) is 20.3. The second kappa shape index (κ2) is 15.3. The Kier molecular flexibility index (Phi) is 12.0. The molecule has 0 bridgehead atoms. The molecule has 302 valence electrons. The molecule has 4 atom stereocenters. The average Bonchev–Trinajstić information content (AvgIpc) is 3.59. The number of fused-ring (bicyclic) bond motifs is 1. The lowest BCUT2D eigenvalue weighted by molar-refractivity contribution is -0.0461. The lowest BCUT2D eigenvalue weighted by atomic mass is 10.0. The lowest BCUT2D eigenvalue weighted by Gasteiger charge is -2.44. The van der Waals surface area contributed by atoms with E-state index < -0.39 is 49.5 Å². The zero-order chi connectivity index (χ0) is 40.9. The number of nitrogens with two attached hydrogens (primary N) is 1. The van der Waals surface area contributed by atoms with E-state index in [1.54, 1.807) is 6.07 Å². The number of nitrogen functional groups attached to an aromatic ring is 1. The van der Waals surface area contributed by atoms with E-state index in [1.165, 1.54) is 6.33 Å². The minimum Gasteiger partial charge on any atom is -0.508 e. The Morgan fingerprint density at radius 3 is 1.93 bits per heavy atom. The van der Waals surface area contributed by atoms with E-state index in [2.05, 4.69) is 112 Å². The molecule has 11 nitrogen and oxygen atoms in total. The van der Waals surface area contributed by atoms with Crippen LogP contribution in [0.25, 0.3) is 22.3 Å². The van der Waals surface area contributed by atoms with Gasteiger partial charge in [-0.25, -0.2) is 15.0 Å². The molecule has 3 heterocycles. The van der Waals surface area contributed by atoms with E-state index in [4.69, 9.17) is 33.7 Å².